The van der Waals surface area contributed by atoms with E-state index < -0.39 is 5.60 Å². The van der Waals surface area contributed by atoms with Crippen molar-refractivity contribution in [3.05, 3.63) is 0 Å². The van der Waals surface area contributed by atoms with Gasteiger partial charge in [0, 0.05) is 32.9 Å². The van der Waals surface area contributed by atoms with Crippen molar-refractivity contribution in [2.75, 3.05) is 32.9 Å². The predicted octanol–water partition coefficient (Wildman–Crippen LogP) is 3.98. The van der Waals surface area contributed by atoms with Crippen LogP contribution in [0.15, 0.2) is 0 Å². The largest absolute Gasteiger partial charge is 0.444 e. The Morgan fingerprint density at radius 1 is 1.00 bits per heavy atom. The SMILES string of the molecule is CC(C)(C)OC(=O)N1CC(CCCCCCOCCCCCO)C1. The van der Waals surface area contributed by atoms with Gasteiger partial charge in [-0.1, -0.05) is 19.3 Å². The second-order valence-corrected chi connectivity index (χ2v) is 7.85. The number of hydrogen-bond donors (Lipinski definition) is 1. The van der Waals surface area contributed by atoms with E-state index in [1.54, 1.807) is 4.90 Å². The topological polar surface area (TPSA) is 59.0 Å². The molecule has 142 valence electrons. The smallest absolute Gasteiger partial charge is 0.410 e. The van der Waals surface area contributed by atoms with E-state index >= 15 is 0 Å². The molecule has 1 amide bonds. The Bertz CT molecular complexity index is 335. The summed E-state index contributed by atoms with van der Waals surface area (Å²) in [6, 6.07) is 0. The highest BCUT2D eigenvalue weighted by atomic mass is 16.6. The van der Waals surface area contributed by atoms with Crippen LogP contribution >= 0.6 is 0 Å². The van der Waals surface area contributed by atoms with Crippen LogP contribution in [-0.2, 0) is 9.47 Å². The molecule has 1 fully saturated rings. The van der Waals surface area contributed by atoms with Gasteiger partial charge in [-0.05, 0) is 58.8 Å². The van der Waals surface area contributed by atoms with Gasteiger partial charge in [0.1, 0.15) is 5.60 Å². The van der Waals surface area contributed by atoms with Gasteiger partial charge in [0.15, 0.2) is 0 Å². The molecule has 1 aliphatic heterocycles. The Labute approximate surface area is 147 Å². The third-order valence-electron chi connectivity index (χ3n) is 4.21. The third-order valence-corrected chi connectivity index (χ3v) is 4.21. The zero-order chi connectivity index (χ0) is 17.8. The lowest BCUT2D eigenvalue weighted by Crippen LogP contribution is -2.51. The Morgan fingerprint density at radius 3 is 2.17 bits per heavy atom. The molecule has 0 aromatic carbocycles. The summed E-state index contributed by atoms with van der Waals surface area (Å²) in [5, 5.41) is 8.67. The van der Waals surface area contributed by atoms with E-state index in [1.165, 1.54) is 25.7 Å². The summed E-state index contributed by atoms with van der Waals surface area (Å²) in [5.74, 6) is 0.653. The molecule has 0 atom stereocenters. The standard InChI is InChI=1S/C19H37NO4/c1-19(2,3)24-18(22)20-15-17(16-20)11-7-4-5-9-13-23-14-10-6-8-12-21/h17,21H,4-16H2,1-3H3. The molecule has 1 rings (SSSR count). The van der Waals surface area contributed by atoms with E-state index in [0.29, 0.717) is 5.92 Å². The van der Waals surface area contributed by atoms with Gasteiger partial charge in [0.2, 0.25) is 0 Å². The molecule has 0 aliphatic carbocycles. The number of aliphatic hydroxyl groups excluding tert-OH is 1. The first-order chi connectivity index (χ1) is 11.4. The summed E-state index contributed by atoms with van der Waals surface area (Å²) < 4.78 is 10.9. The molecule has 0 aromatic rings. The number of carbonyl (C=O) groups excluding carboxylic acids is 1. The van der Waals surface area contributed by atoms with Crippen LogP contribution in [0.4, 0.5) is 4.79 Å². The number of unbranched alkanes of at least 4 members (excludes halogenated alkanes) is 5. The number of rotatable bonds is 12. The molecule has 1 saturated heterocycles. The first-order valence-electron chi connectivity index (χ1n) is 9.59. The van der Waals surface area contributed by atoms with E-state index in [2.05, 4.69) is 0 Å². The molecule has 5 nitrogen and oxygen atoms in total. The highest BCUT2D eigenvalue weighted by Gasteiger charge is 2.32. The molecule has 0 radical (unpaired) electrons. The second kappa shape index (κ2) is 11.7. The lowest BCUT2D eigenvalue weighted by Gasteiger charge is -2.39. The fourth-order valence-electron chi connectivity index (χ4n) is 2.81. The molecule has 24 heavy (non-hydrogen) atoms. The molecular formula is C19H37NO4. The lowest BCUT2D eigenvalue weighted by atomic mass is 9.94. The van der Waals surface area contributed by atoms with Crippen LogP contribution in [-0.4, -0.2) is 54.6 Å². The van der Waals surface area contributed by atoms with Crippen molar-refractivity contribution in [1.82, 2.24) is 4.90 Å². The van der Waals surface area contributed by atoms with E-state index in [1.807, 2.05) is 20.8 Å². The molecule has 0 bridgehead atoms. The van der Waals surface area contributed by atoms with E-state index in [9.17, 15) is 4.79 Å². The van der Waals surface area contributed by atoms with E-state index in [0.717, 1.165) is 52.0 Å². The fraction of sp³-hybridized carbons (Fsp3) is 0.947. The maximum Gasteiger partial charge on any atom is 0.410 e. The number of carbonyl (C=O) groups is 1. The number of likely N-dealkylation sites (tertiary alicyclic amines) is 1. The zero-order valence-electron chi connectivity index (χ0n) is 15.9. The van der Waals surface area contributed by atoms with Crippen LogP contribution in [0.1, 0.15) is 72.1 Å². The lowest BCUT2D eigenvalue weighted by molar-refractivity contribution is -0.00245. The van der Waals surface area contributed by atoms with Gasteiger partial charge in [0.25, 0.3) is 0 Å². The molecule has 5 heteroatoms. The number of amides is 1. The molecule has 1 heterocycles. The summed E-state index contributed by atoms with van der Waals surface area (Å²) in [5.41, 5.74) is -0.400. The van der Waals surface area contributed by atoms with E-state index in [-0.39, 0.29) is 12.7 Å². The molecule has 0 spiro atoms. The van der Waals surface area contributed by atoms with Crippen LogP contribution in [0.25, 0.3) is 0 Å². The fourth-order valence-corrected chi connectivity index (χ4v) is 2.81. The Morgan fingerprint density at radius 2 is 1.58 bits per heavy atom. The minimum Gasteiger partial charge on any atom is -0.444 e. The zero-order valence-corrected chi connectivity index (χ0v) is 15.9. The summed E-state index contributed by atoms with van der Waals surface area (Å²) >= 11 is 0. The van der Waals surface area contributed by atoms with Crippen molar-refractivity contribution in [2.45, 2.75) is 77.7 Å². The average molecular weight is 344 g/mol. The Balaban J connectivity index is 1.84. The van der Waals surface area contributed by atoms with Gasteiger partial charge in [-0.15, -0.1) is 0 Å². The number of hydrogen-bond acceptors (Lipinski definition) is 4. The quantitative estimate of drug-likeness (QED) is 0.545. The summed E-state index contributed by atoms with van der Waals surface area (Å²) in [7, 11) is 0. The van der Waals surface area contributed by atoms with Crippen molar-refractivity contribution >= 4 is 6.09 Å². The molecule has 1 N–H and O–H groups in total. The summed E-state index contributed by atoms with van der Waals surface area (Å²) in [4.78, 5) is 13.6. The van der Waals surface area contributed by atoms with Gasteiger partial charge in [-0.2, -0.15) is 0 Å². The summed E-state index contributed by atoms with van der Waals surface area (Å²) in [6.45, 7) is 9.38. The molecule has 0 unspecified atom stereocenters. The van der Waals surface area contributed by atoms with Crippen LogP contribution in [0, 0.1) is 5.92 Å². The number of nitrogens with zero attached hydrogens (tertiary/aromatic N) is 1. The first-order valence-corrected chi connectivity index (χ1v) is 9.59. The van der Waals surface area contributed by atoms with Crippen molar-refractivity contribution in [2.24, 2.45) is 5.92 Å². The number of ether oxygens (including phenoxy) is 2. The maximum atomic E-state index is 11.8. The second-order valence-electron chi connectivity index (χ2n) is 7.85. The number of aliphatic hydroxyl groups is 1. The Kier molecular flexibility index (Phi) is 10.3. The molecule has 1 aliphatic rings. The maximum absolute atomic E-state index is 11.8. The van der Waals surface area contributed by atoms with Crippen molar-refractivity contribution in [3.63, 3.8) is 0 Å². The van der Waals surface area contributed by atoms with Gasteiger partial charge < -0.3 is 19.5 Å². The summed E-state index contributed by atoms with van der Waals surface area (Å²) in [6.07, 6.45) is 8.87. The van der Waals surface area contributed by atoms with Gasteiger partial charge in [-0.25, -0.2) is 4.79 Å². The minimum atomic E-state index is -0.400. The van der Waals surface area contributed by atoms with Crippen LogP contribution < -0.4 is 0 Å². The normalized spacial score (nSPS) is 15.4. The highest BCUT2D eigenvalue weighted by molar-refractivity contribution is 5.69. The van der Waals surface area contributed by atoms with Gasteiger partial charge in [-0.3, -0.25) is 0 Å². The van der Waals surface area contributed by atoms with Crippen LogP contribution in [0.2, 0.25) is 0 Å². The molecule has 0 saturated carbocycles. The van der Waals surface area contributed by atoms with Gasteiger partial charge in [0.05, 0.1) is 0 Å². The molecule has 0 aromatic heterocycles. The Hall–Kier alpha value is -0.810. The predicted molar refractivity (Wildman–Crippen MR) is 96.1 cm³/mol. The van der Waals surface area contributed by atoms with E-state index in [4.69, 9.17) is 14.6 Å². The first kappa shape index (κ1) is 21.2. The highest BCUT2D eigenvalue weighted by Crippen LogP contribution is 2.24. The average Bonchev–Trinajstić information content (AvgIpc) is 2.44. The minimum absolute atomic E-state index is 0.171. The monoisotopic (exact) mass is 343 g/mol. The van der Waals surface area contributed by atoms with Crippen molar-refractivity contribution < 1.29 is 19.4 Å². The molecular weight excluding hydrogens is 306 g/mol. The van der Waals surface area contributed by atoms with Crippen LogP contribution in [0.5, 0.6) is 0 Å². The van der Waals surface area contributed by atoms with Crippen molar-refractivity contribution in [1.29, 1.82) is 0 Å². The van der Waals surface area contributed by atoms with Crippen molar-refractivity contribution in [3.8, 4) is 0 Å². The van der Waals surface area contributed by atoms with Gasteiger partial charge >= 0.3 is 6.09 Å². The van der Waals surface area contributed by atoms with Crippen LogP contribution in [0.3, 0.4) is 0 Å². The third kappa shape index (κ3) is 10.1.